The second-order valence-corrected chi connectivity index (χ2v) is 3.89. The number of para-hydroxylation sites is 1. The highest BCUT2D eigenvalue weighted by molar-refractivity contribution is 5.83. The van der Waals surface area contributed by atoms with Crippen LogP contribution in [0.25, 0.3) is 0 Å². The summed E-state index contributed by atoms with van der Waals surface area (Å²) in [6.45, 7) is 1.94. The van der Waals surface area contributed by atoms with Crippen LogP contribution >= 0.6 is 0 Å². The minimum Gasteiger partial charge on any atom is -0.369 e. The Balaban J connectivity index is 2.06. The fourth-order valence-corrected chi connectivity index (χ4v) is 1.70. The van der Waals surface area contributed by atoms with Gasteiger partial charge in [0.05, 0.1) is 5.69 Å². The number of hydrogen-bond acceptors (Lipinski definition) is 2. The molecule has 0 saturated carbocycles. The normalized spacial score (nSPS) is 17.5. The number of carbonyl (C=O) groups excluding carboxylic acids is 1. The molecular formula is C12H16N4O. The van der Waals surface area contributed by atoms with Crippen LogP contribution in [0.2, 0.25) is 0 Å². The van der Waals surface area contributed by atoms with Gasteiger partial charge in [0, 0.05) is 26.1 Å². The molecule has 3 N–H and O–H groups in total. The lowest BCUT2D eigenvalue weighted by molar-refractivity contribution is -0.120. The van der Waals surface area contributed by atoms with Crippen LogP contribution in [0.5, 0.6) is 0 Å². The molecule has 0 radical (unpaired) electrons. The summed E-state index contributed by atoms with van der Waals surface area (Å²) in [5.41, 5.74) is 6.76. The van der Waals surface area contributed by atoms with Crippen LogP contribution in [0, 0.1) is 0 Å². The van der Waals surface area contributed by atoms with Crippen molar-refractivity contribution in [3.63, 3.8) is 0 Å². The monoisotopic (exact) mass is 232 g/mol. The topological polar surface area (TPSA) is 70.7 Å². The molecule has 90 valence electrons. The molecule has 0 spiro atoms. The first kappa shape index (κ1) is 11.4. The van der Waals surface area contributed by atoms with E-state index in [1.54, 1.807) is 0 Å². The van der Waals surface area contributed by atoms with Crippen LogP contribution in [-0.4, -0.2) is 36.4 Å². The molecular weight excluding hydrogens is 216 g/mol. The van der Waals surface area contributed by atoms with E-state index in [1.807, 2.05) is 35.2 Å². The van der Waals surface area contributed by atoms with Gasteiger partial charge in [-0.2, -0.15) is 0 Å². The molecule has 1 fully saturated rings. The minimum absolute atomic E-state index is 0.0695. The molecule has 2 rings (SSSR count). The van der Waals surface area contributed by atoms with Crippen LogP contribution in [0.4, 0.5) is 5.69 Å². The molecule has 1 aliphatic heterocycles. The highest BCUT2D eigenvalue weighted by Gasteiger charge is 2.14. The summed E-state index contributed by atoms with van der Waals surface area (Å²) in [7, 11) is 0. The van der Waals surface area contributed by atoms with Crippen molar-refractivity contribution < 1.29 is 4.79 Å². The lowest BCUT2D eigenvalue weighted by Crippen LogP contribution is -2.39. The third-order valence-corrected chi connectivity index (χ3v) is 2.64. The number of benzene rings is 1. The van der Waals surface area contributed by atoms with Crippen LogP contribution in [0.15, 0.2) is 35.3 Å². The van der Waals surface area contributed by atoms with Crippen LogP contribution in [0.3, 0.4) is 0 Å². The van der Waals surface area contributed by atoms with Gasteiger partial charge in [-0.1, -0.05) is 18.2 Å². The molecule has 0 atom stereocenters. The predicted molar refractivity (Wildman–Crippen MR) is 66.9 cm³/mol. The molecule has 1 amide bonds. The van der Waals surface area contributed by atoms with Gasteiger partial charge in [-0.05, 0) is 12.1 Å². The predicted octanol–water partition coefficient (Wildman–Crippen LogP) is 0.455. The van der Waals surface area contributed by atoms with Crippen molar-refractivity contribution in [2.24, 2.45) is 10.7 Å². The Kier molecular flexibility index (Phi) is 3.59. The number of nitrogens with zero attached hydrogens (tertiary/aromatic N) is 2. The zero-order valence-electron chi connectivity index (χ0n) is 9.60. The molecule has 1 aromatic carbocycles. The fourth-order valence-electron chi connectivity index (χ4n) is 1.70. The van der Waals surface area contributed by atoms with Crippen molar-refractivity contribution in [1.29, 1.82) is 0 Å². The Labute approximate surface area is 100 Å². The maximum absolute atomic E-state index is 11.2. The average Bonchev–Trinajstić information content (AvgIpc) is 2.55. The van der Waals surface area contributed by atoms with Gasteiger partial charge in [0.25, 0.3) is 0 Å². The zero-order valence-corrected chi connectivity index (χ0v) is 9.60. The third-order valence-electron chi connectivity index (χ3n) is 2.64. The van der Waals surface area contributed by atoms with Gasteiger partial charge in [-0.3, -0.25) is 4.79 Å². The second kappa shape index (κ2) is 5.34. The number of amides is 1. The lowest BCUT2D eigenvalue weighted by Gasteiger charge is -2.20. The quantitative estimate of drug-likeness (QED) is 0.545. The van der Waals surface area contributed by atoms with Crippen molar-refractivity contribution in [2.45, 2.75) is 6.42 Å². The number of guanidine groups is 1. The molecule has 5 nitrogen and oxygen atoms in total. The fraction of sp³-hybridized carbons (Fsp3) is 0.333. The SMILES string of the molecule is NC(=Nc1ccccc1)N1CCNC(=O)CC1. The van der Waals surface area contributed by atoms with Crippen LogP contribution < -0.4 is 11.1 Å². The largest absolute Gasteiger partial charge is 0.369 e. The summed E-state index contributed by atoms with van der Waals surface area (Å²) >= 11 is 0. The van der Waals surface area contributed by atoms with E-state index >= 15 is 0 Å². The van der Waals surface area contributed by atoms with Gasteiger partial charge < -0.3 is 16.0 Å². The van der Waals surface area contributed by atoms with E-state index in [1.165, 1.54) is 0 Å². The first-order valence-electron chi connectivity index (χ1n) is 5.66. The van der Waals surface area contributed by atoms with Crippen molar-refractivity contribution in [1.82, 2.24) is 10.2 Å². The number of nitrogens with one attached hydrogen (secondary N) is 1. The van der Waals surface area contributed by atoms with Gasteiger partial charge >= 0.3 is 0 Å². The maximum Gasteiger partial charge on any atom is 0.221 e. The van der Waals surface area contributed by atoms with Crippen molar-refractivity contribution >= 4 is 17.6 Å². The second-order valence-electron chi connectivity index (χ2n) is 3.89. The molecule has 1 saturated heterocycles. The molecule has 0 unspecified atom stereocenters. The number of hydrogen-bond donors (Lipinski definition) is 2. The van der Waals surface area contributed by atoms with Crippen molar-refractivity contribution in [3.8, 4) is 0 Å². The van der Waals surface area contributed by atoms with Gasteiger partial charge in [0.2, 0.25) is 5.91 Å². The van der Waals surface area contributed by atoms with Crippen LogP contribution in [0.1, 0.15) is 6.42 Å². The van der Waals surface area contributed by atoms with E-state index in [4.69, 9.17) is 5.73 Å². The summed E-state index contributed by atoms with van der Waals surface area (Å²) in [4.78, 5) is 17.4. The van der Waals surface area contributed by atoms with E-state index in [0.29, 0.717) is 32.0 Å². The Morgan fingerprint density at radius 1 is 1.29 bits per heavy atom. The van der Waals surface area contributed by atoms with Gasteiger partial charge in [0.1, 0.15) is 0 Å². The van der Waals surface area contributed by atoms with Crippen LogP contribution in [-0.2, 0) is 4.79 Å². The van der Waals surface area contributed by atoms with E-state index < -0.39 is 0 Å². The molecule has 1 aromatic rings. The Bertz CT molecular complexity index is 416. The smallest absolute Gasteiger partial charge is 0.221 e. The molecule has 17 heavy (non-hydrogen) atoms. The molecule has 0 bridgehead atoms. The highest BCUT2D eigenvalue weighted by Crippen LogP contribution is 2.10. The molecule has 1 aliphatic rings. The zero-order chi connectivity index (χ0) is 12.1. The number of carbonyl (C=O) groups is 1. The standard InChI is InChI=1S/C12H16N4O/c13-12(15-10-4-2-1-3-5-10)16-8-6-11(17)14-7-9-16/h1-5H,6-9H2,(H2,13,15)(H,14,17). The van der Waals surface area contributed by atoms with Crippen molar-refractivity contribution in [2.75, 3.05) is 19.6 Å². The summed E-state index contributed by atoms with van der Waals surface area (Å²) in [6, 6.07) is 9.56. The molecule has 1 heterocycles. The van der Waals surface area contributed by atoms with E-state index in [0.717, 1.165) is 5.69 Å². The summed E-state index contributed by atoms with van der Waals surface area (Å²) in [6.07, 6.45) is 0.463. The first-order chi connectivity index (χ1) is 8.25. The average molecular weight is 232 g/mol. The van der Waals surface area contributed by atoms with Gasteiger partial charge in [-0.25, -0.2) is 4.99 Å². The van der Waals surface area contributed by atoms with E-state index in [2.05, 4.69) is 10.3 Å². The number of aliphatic imine (C=N–C) groups is 1. The Morgan fingerprint density at radius 3 is 2.82 bits per heavy atom. The van der Waals surface area contributed by atoms with Gasteiger partial charge in [0.15, 0.2) is 5.96 Å². The summed E-state index contributed by atoms with van der Waals surface area (Å²) < 4.78 is 0. The van der Waals surface area contributed by atoms with Gasteiger partial charge in [-0.15, -0.1) is 0 Å². The van der Waals surface area contributed by atoms with Crippen molar-refractivity contribution in [3.05, 3.63) is 30.3 Å². The molecule has 5 heteroatoms. The minimum atomic E-state index is 0.0695. The Morgan fingerprint density at radius 2 is 2.06 bits per heavy atom. The molecule has 0 aliphatic carbocycles. The lowest BCUT2D eigenvalue weighted by atomic mass is 10.3. The maximum atomic E-state index is 11.2. The Hall–Kier alpha value is -2.04. The number of rotatable bonds is 1. The van der Waals surface area contributed by atoms with E-state index in [9.17, 15) is 4.79 Å². The summed E-state index contributed by atoms with van der Waals surface area (Å²) in [5, 5.41) is 2.80. The third kappa shape index (κ3) is 3.21. The summed E-state index contributed by atoms with van der Waals surface area (Å²) in [5.74, 6) is 0.535. The van der Waals surface area contributed by atoms with E-state index in [-0.39, 0.29) is 5.91 Å². The highest BCUT2D eigenvalue weighted by atomic mass is 16.1. The first-order valence-corrected chi connectivity index (χ1v) is 5.66. The number of nitrogens with two attached hydrogens (primary N) is 1. The molecule has 0 aromatic heterocycles.